The van der Waals surface area contributed by atoms with Gasteiger partial charge >= 0.3 is 0 Å². The maximum atomic E-state index is 12.4. The molecule has 2 N–H and O–H groups in total. The molecule has 1 aromatic heterocycles. The third-order valence-corrected chi connectivity index (χ3v) is 4.68. The van der Waals surface area contributed by atoms with Crippen LogP contribution in [0.1, 0.15) is 16.1 Å². The van der Waals surface area contributed by atoms with Crippen LogP contribution in [-0.4, -0.2) is 36.5 Å². The Morgan fingerprint density at radius 3 is 2.63 bits per heavy atom. The molecule has 0 atom stereocenters. The van der Waals surface area contributed by atoms with Gasteiger partial charge in [-0.1, -0.05) is 42.5 Å². The van der Waals surface area contributed by atoms with Crippen molar-refractivity contribution >= 4 is 22.9 Å². The van der Waals surface area contributed by atoms with Gasteiger partial charge in [0.2, 0.25) is 0 Å². The van der Waals surface area contributed by atoms with Crippen molar-refractivity contribution in [1.82, 2.24) is 15.6 Å². The number of hydrogen-bond donors (Lipinski definition) is 2. The number of nitrogens with one attached hydrogen (secondary N) is 2. The predicted octanol–water partition coefficient (Wildman–Crippen LogP) is 4.01. The summed E-state index contributed by atoms with van der Waals surface area (Å²) in [6.07, 6.45) is 1.53. The minimum atomic E-state index is -0.384. The van der Waals surface area contributed by atoms with Gasteiger partial charge in [-0.2, -0.15) is 10.2 Å². The summed E-state index contributed by atoms with van der Waals surface area (Å²) in [4.78, 5) is 12.4. The van der Waals surface area contributed by atoms with Gasteiger partial charge in [0, 0.05) is 5.56 Å². The first kappa shape index (κ1) is 19.2. The van der Waals surface area contributed by atoms with Crippen molar-refractivity contribution in [1.29, 1.82) is 0 Å². The Balaban J connectivity index is 1.49. The van der Waals surface area contributed by atoms with Gasteiger partial charge in [0.25, 0.3) is 5.91 Å². The van der Waals surface area contributed by atoms with Crippen LogP contribution in [0.15, 0.2) is 71.8 Å². The first-order chi connectivity index (χ1) is 14.7. The zero-order chi connectivity index (χ0) is 20.9. The second-order valence-electron chi connectivity index (χ2n) is 6.51. The molecule has 0 bridgehead atoms. The predicted molar refractivity (Wildman–Crippen MR) is 116 cm³/mol. The Labute approximate surface area is 173 Å². The van der Waals surface area contributed by atoms with E-state index in [1.165, 1.54) is 6.21 Å². The fourth-order valence-corrected chi connectivity index (χ4v) is 3.18. The highest BCUT2D eigenvalue weighted by atomic mass is 16.5. The average molecular weight is 400 g/mol. The quantitative estimate of drug-likeness (QED) is 0.378. The van der Waals surface area contributed by atoms with Crippen molar-refractivity contribution in [3.63, 3.8) is 0 Å². The number of aromatic amines is 1. The number of carbonyl (C=O) groups is 1. The molecule has 7 nitrogen and oxygen atoms in total. The summed E-state index contributed by atoms with van der Waals surface area (Å²) in [6.45, 7) is 0. The summed E-state index contributed by atoms with van der Waals surface area (Å²) in [5, 5.41) is 13.3. The average Bonchev–Trinajstić information content (AvgIpc) is 3.28. The number of hydrogen-bond acceptors (Lipinski definition) is 5. The Morgan fingerprint density at radius 2 is 1.80 bits per heavy atom. The molecule has 4 aromatic rings. The normalized spacial score (nSPS) is 11.0. The molecule has 0 saturated carbocycles. The molecule has 0 fully saturated rings. The molecular formula is C23H20N4O3. The molecule has 1 amide bonds. The highest BCUT2D eigenvalue weighted by Crippen LogP contribution is 2.28. The summed E-state index contributed by atoms with van der Waals surface area (Å²) in [7, 11) is 3.13. The van der Waals surface area contributed by atoms with E-state index in [0.29, 0.717) is 22.9 Å². The highest BCUT2D eigenvalue weighted by molar-refractivity contribution is 5.98. The minimum Gasteiger partial charge on any atom is -0.493 e. The van der Waals surface area contributed by atoms with E-state index in [1.54, 1.807) is 32.4 Å². The second-order valence-corrected chi connectivity index (χ2v) is 6.51. The number of hydrazone groups is 1. The summed E-state index contributed by atoms with van der Waals surface area (Å²) in [5.74, 6) is 0.823. The number of carbonyl (C=O) groups excluding carboxylic acids is 1. The number of rotatable bonds is 6. The van der Waals surface area contributed by atoms with E-state index in [0.717, 1.165) is 21.9 Å². The topological polar surface area (TPSA) is 88.6 Å². The van der Waals surface area contributed by atoms with Gasteiger partial charge in [-0.25, -0.2) is 5.43 Å². The lowest BCUT2D eigenvalue weighted by Gasteiger charge is -2.07. The monoisotopic (exact) mass is 400 g/mol. The molecule has 0 spiro atoms. The van der Waals surface area contributed by atoms with Crippen molar-refractivity contribution in [2.45, 2.75) is 0 Å². The molecule has 0 aliphatic heterocycles. The Bertz CT molecular complexity index is 1220. The molecule has 0 aliphatic rings. The van der Waals surface area contributed by atoms with Crippen LogP contribution in [0, 0.1) is 0 Å². The van der Waals surface area contributed by atoms with Crippen LogP contribution in [0.2, 0.25) is 0 Å². The number of amides is 1. The van der Waals surface area contributed by atoms with Gasteiger partial charge in [0.05, 0.1) is 26.1 Å². The van der Waals surface area contributed by atoms with Crippen LogP contribution >= 0.6 is 0 Å². The molecule has 0 aliphatic carbocycles. The SMILES string of the molecule is COc1ccc(/C=N\NC(=O)c2cc(-c3cccc4ccccc34)n[nH]2)cc1OC. The van der Waals surface area contributed by atoms with Gasteiger partial charge in [-0.3, -0.25) is 9.89 Å². The zero-order valence-electron chi connectivity index (χ0n) is 16.5. The number of H-pyrrole nitrogens is 1. The third-order valence-electron chi connectivity index (χ3n) is 4.68. The summed E-state index contributed by atoms with van der Waals surface area (Å²) in [6, 6.07) is 21.1. The number of methoxy groups -OCH3 is 2. The van der Waals surface area contributed by atoms with E-state index in [4.69, 9.17) is 9.47 Å². The third kappa shape index (κ3) is 3.86. The van der Waals surface area contributed by atoms with E-state index >= 15 is 0 Å². The summed E-state index contributed by atoms with van der Waals surface area (Å²) >= 11 is 0. The maximum absolute atomic E-state index is 12.4. The molecule has 150 valence electrons. The van der Waals surface area contributed by atoms with Crippen LogP contribution in [0.25, 0.3) is 22.0 Å². The molecular weight excluding hydrogens is 380 g/mol. The van der Waals surface area contributed by atoms with Crippen molar-refractivity contribution in [3.05, 3.63) is 78.0 Å². The molecule has 1 heterocycles. The van der Waals surface area contributed by atoms with Crippen LogP contribution in [0.4, 0.5) is 0 Å². The first-order valence-corrected chi connectivity index (χ1v) is 9.28. The molecule has 0 radical (unpaired) electrons. The van der Waals surface area contributed by atoms with Gasteiger partial charge in [0.15, 0.2) is 11.5 Å². The van der Waals surface area contributed by atoms with Gasteiger partial charge in [0.1, 0.15) is 5.69 Å². The smallest absolute Gasteiger partial charge is 0.289 e. The van der Waals surface area contributed by atoms with Crippen molar-refractivity contribution in [2.75, 3.05) is 14.2 Å². The van der Waals surface area contributed by atoms with E-state index in [9.17, 15) is 4.79 Å². The highest BCUT2D eigenvalue weighted by Gasteiger charge is 2.12. The summed E-state index contributed by atoms with van der Waals surface area (Å²) < 4.78 is 10.5. The molecule has 0 unspecified atom stereocenters. The number of ether oxygens (including phenoxy) is 2. The maximum Gasteiger partial charge on any atom is 0.289 e. The van der Waals surface area contributed by atoms with Crippen LogP contribution in [0.5, 0.6) is 11.5 Å². The molecule has 4 rings (SSSR count). The lowest BCUT2D eigenvalue weighted by Crippen LogP contribution is -2.18. The van der Waals surface area contributed by atoms with E-state index in [2.05, 4.69) is 20.7 Å². The van der Waals surface area contributed by atoms with E-state index in [1.807, 2.05) is 48.5 Å². The fraction of sp³-hybridized carbons (Fsp3) is 0.0870. The van der Waals surface area contributed by atoms with Crippen molar-refractivity contribution in [3.8, 4) is 22.8 Å². The van der Waals surface area contributed by atoms with Gasteiger partial charge in [-0.05, 0) is 40.6 Å². The Kier molecular flexibility index (Phi) is 5.43. The van der Waals surface area contributed by atoms with E-state index in [-0.39, 0.29) is 5.91 Å². The number of aromatic nitrogens is 2. The fourth-order valence-electron chi connectivity index (χ4n) is 3.18. The lowest BCUT2D eigenvalue weighted by atomic mass is 10.0. The van der Waals surface area contributed by atoms with Gasteiger partial charge in [-0.15, -0.1) is 0 Å². The first-order valence-electron chi connectivity index (χ1n) is 9.28. The Morgan fingerprint density at radius 1 is 1.00 bits per heavy atom. The second kappa shape index (κ2) is 8.48. The molecule has 0 saturated heterocycles. The number of nitrogens with zero attached hydrogens (tertiary/aromatic N) is 2. The Hall–Kier alpha value is -4.13. The van der Waals surface area contributed by atoms with Crippen molar-refractivity contribution < 1.29 is 14.3 Å². The van der Waals surface area contributed by atoms with Crippen LogP contribution < -0.4 is 14.9 Å². The molecule has 3 aromatic carbocycles. The number of benzene rings is 3. The molecule has 7 heteroatoms. The standard InChI is InChI=1S/C23H20N4O3/c1-29-21-11-10-15(12-22(21)30-2)14-24-27-23(28)20-13-19(25-26-20)18-9-5-7-16-6-3-4-8-17(16)18/h3-14H,1-2H3,(H,25,26)(H,27,28)/b24-14-. The zero-order valence-corrected chi connectivity index (χ0v) is 16.5. The minimum absolute atomic E-state index is 0.322. The van der Waals surface area contributed by atoms with Crippen LogP contribution in [-0.2, 0) is 0 Å². The largest absolute Gasteiger partial charge is 0.493 e. The van der Waals surface area contributed by atoms with Crippen LogP contribution in [0.3, 0.4) is 0 Å². The van der Waals surface area contributed by atoms with Crippen molar-refractivity contribution in [2.24, 2.45) is 5.10 Å². The van der Waals surface area contributed by atoms with Gasteiger partial charge < -0.3 is 9.47 Å². The molecule has 30 heavy (non-hydrogen) atoms. The summed E-state index contributed by atoms with van der Waals surface area (Å²) in [5.41, 5.74) is 5.23. The lowest BCUT2D eigenvalue weighted by molar-refractivity contribution is 0.0950. The van der Waals surface area contributed by atoms with E-state index < -0.39 is 0 Å². The number of fused-ring (bicyclic) bond motifs is 1.